The Morgan fingerprint density at radius 3 is 2.58 bits per heavy atom. The summed E-state index contributed by atoms with van der Waals surface area (Å²) < 4.78 is 0. The third-order valence-electron chi connectivity index (χ3n) is 6.21. The fourth-order valence-corrected chi connectivity index (χ4v) is 4.62. The zero-order valence-electron chi connectivity index (χ0n) is 16.0. The van der Waals surface area contributed by atoms with Crippen LogP contribution in [0.25, 0.3) is 0 Å². The molecule has 1 aliphatic heterocycles. The lowest BCUT2D eigenvalue weighted by Crippen LogP contribution is -2.35. The zero-order chi connectivity index (χ0) is 17.9. The Bertz CT molecular complexity index is 711. The summed E-state index contributed by atoms with van der Waals surface area (Å²) in [4.78, 5) is 14.3. The van der Waals surface area contributed by atoms with Crippen LogP contribution in [0.15, 0.2) is 42.6 Å². The van der Waals surface area contributed by atoms with E-state index in [0.29, 0.717) is 18.0 Å². The second kappa shape index (κ2) is 7.65. The second-order valence-corrected chi connectivity index (χ2v) is 7.96. The lowest BCUT2D eigenvalue weighted by Gasteiger charge is -2.32. The molecule has 0 amide bonds. The number of nitrogens with zero attached hydrogens (tertiary/aromatic N) is 4. The predicted octanol–water partition coefficient (Wildman–Crippen LogP) is 4.63. The van der Waals surface area contributed by atoms with Crippen molar-refractivity contribution in [2.45, 2.75) is 63.5 Å². The van der Waals surface area contributed by atoms with Crippen LogP contribution in [0.5, 0.6) is 0 Å². The molecule has 1 aromatic carbocycles. The third-order valence-corrected chi connectivity index (χ3v) is 6.21. The molecule has 1 saturated heterocycles. The molecule has 138 valence electrons. The first-order valence-electron chi connectivity index (χ1n) is 10.1. The zero-order valence-corrected chi connectivity index (χ0v) is 16.0. The Balaban J connectivity index is 1.51. The minimum Gasteiger partial charge on any atom is -0.353 e. The molecular weight excluding hydrogens is 320 g/mol. The summed E-state index contributed by atoms with van der Waals surface area (Å²) in [5, 5.41) is 0. The van der Waals surface area contributed by atoms with Gasteiger partial charge in [-0.05, 0) is 37.8 Å². The highest BCUT2D eigenvalue weighted by Crippen LogP contribution is 2.34. The van der Waals surface area contributed by atoms with Gasteiger partial charge in [-0.2, -0.15) is 4.98 Å². The van der Waals surface area contributed by atoms with Gasteiger partial charge < -0.3 is 9.80 Å². The van der Waals surface area contributed by atoms with E-state index < -0.39 is 0 Å². The van der Waals surface area contributed by atoms with E-state index in [-0.39, 0.29) is 0 Å². The average molecular weight is 351 g/mol. The second-order valence-electron chi connectivity index (χ2n) is 7.96. The monoisotopic (exact) mass is 350 g/mol. The molecule has 2 fully saturated rings. The first-order valence-corrected chi connectivity index (χ1v) is 10.1. The van der Waals surface area contributed by atoms with Gasteiger partial charge in [0.2, 0.25) is 5.95 Å². The van der Waals surface area contributed by atoms with Crippen molar-refractivity contribution in [1.82, 2.24) is 9.97 Å². The number of benzene rings is 1. The van der Waals surface area contributed by atoms with Gasteiger partial charge in [0.1, 0.15) is 5.82 Å². The molecule has 1 aromatic heterocycles. The molecule has 2 aliphatic rings. The van der Waals surface area contributed by atoms with Crippen LogP contribution in [0, 0.1) is 0 Å². The van der Waals surface area contributed by atoms with Crippen LogP contribution in [0.3, 0.4) is 0 Å². The Morgan fingerprint density at radius 1 is 1.04 bits per heavy atom. The third kappa shape index (κ3) is 3.55. The quantitative estimate of drug-likeness (QED) is 0.805. The van der Waals surface area contributed by atoms with Crippen LogP contribution in [-0.2, 0) is 0 Å². The van der Waals surface area contributed by atoms with Gasteiger partial charge in [-0.3, -0.25) is 0 Å². The maximum absolute atomic E-state index is 4.95. The molecule has 0 N–H and O–H groups in total. The fourth-order valence-electron chi connectivity index (χ4n) is 4.62. The van der Waals surface area contributed by atoms with E-state index in [2.05, 4.69) is 65.2 Å². The molecule has 1 aliphatic carbocycles. The van der Waals surface area contributed by atoms with Crippen molar-refractivity contribution >= 4 is 11.8 Å². The van der Waals surface area contributed by atoms with E-state index in [4.69, 9.17) is 4.98 Å². The van der Waals surface area contributed by atoms with E-state index in [9.17, 15) is 0 Å². The van der Waals surface area contributed by atoms with Crippen molar-refractivity contribution in [3.63, 3.8) is 0 Å². The van der Waals surface area contributed by atoms with Crippen LogP contribution < -0.4 is 9.80 Å². The standard InChI is InChI=1S/C22H30N4/c1-17-15-19(18-9-5-3-6-10-18)16-26(17)21-13-14-23-22(24-21)25(2)20-11-7-4-8-12-20/h3,5-6,9-10,13-14,17,19-20H,4,7-8,11-12,15-16H2,1-2H3. The Kier molecular flexibility index (Phi) is 5.09. The number of hydrogen-bond acceptors (Lipinski definition) is 4. The molecule has 2 unspecified atom stereocenters. The molecule has 1 saturated carbocycles. The number of rotatable bonds is 4. The number of anilines is 2. The van der Waals surface area contributed by atoms with E-state index >= 15 is 0 Å². The molecule has 0 spiro atoms. The number of aromatic nitrogens is 2. The molecule has 4 nitrogen and oxygen atoms in total. The molecule has 2 heterocycles. The highest BCUT2D eigenvalue weighted by atomic mass is 15.3. The van der Waals surface area contributed by atoms with Crippen molar-refractivity contribution in [3.05, 3.63) is 48.2 Å². The topological polar surface area (TPSA) is 32.3 Å². The van der Waals surface area contributed by atoms with Gasteiger partial charge in [0.05, 0.1) is 0 Å². The Morgan fingerprint density at radius 2 is 1.81 bits per heavy atom. The predicted molar refractivity (Wildman–Crippen MR) is 108 cm³/mol. The average Bonchev–Trinajstić information content (AvgIpc) is 3.10. The highest BCUT2D eigenvalue weighted by Gasteiger charge is 2.31. The van der Waals surface area contributed by atoms with Gasteiger partial charge >= 0.3 is 0 Å². The van der Waals surface area contributed by atoms with Gasteiger partial charge in [0.15, 0.2) is 0 Å². The summed E-state index contributed by atoms with van der Waals surface area (Å²) in [5.74, 6) is 2.54. The molecule has 0 radical (unpaired) electrons. The van der Waals surface area contributed by atoms with E-state index in [0.717, 1.165) is 18.3 Å². The van der Waals surface area contributed by atoms with Crippen LogP contribution in [0.4, 0.5) is 11.8 Å². The normalized spacial score (nSPS) is 24.0. The fraction of sp³-hybridized carbons (Fsp3) is 0.545. The van der Waals surface area contributed by atoms with E-state index in [1.165, 1.54) is 44.1 Å². The molecule has 4 rings (SSSR count). The Labute approximate surface area is 157 Å². The van der Waals surface area contributed by atoms with Gasteiger partial charge in [0, 0.05) is 37.8 Å². The molecule has 4 heteroatoms. The molecule has 26 heavy (non-hydrogen) atoms. The SMILES string of the molecule is CC1CC(c2ccccc2)CN1c1ccnc(N(C)C2CCCCC2)n1. The van der Waals surface area contributed by atoms with E-state index in [1.54, 1.807) is 0 Å². The first-order chi connectivity index (χ1) is 12.7. The summed E-state index contributed by atoms with van der Waals surface area (Å²) >= 11 is 0. The highest BCUT2D eigenvalue weighted by molar-refractivity contribution is 5.47. The van der Waals surface area contributed by atoms with Crippen molar-refractivity contribution < 1.29 is 0 Å². The molecule has 0 bridgehead atoms. The number of hydrogen-bond donors (Lipinski definition) is 0. The Hall–Kier alpha value is -2.10. The maximum Gasteiger partial charge on any atom is 0.227 e. The first kappa shape index (κ1) is 17.3. The minimum absolute atomic E-state index is 0.503. The van der Waals surface area contributed by atoms with Crippen LogP contribution in [0.2, 0.25) is 0 Å². The summed E-state index contributed by atoms with van der Waals surface area (Å²) in [6.07, 6.45) is 9.67. The van der Waals surface area contributed by atoms with Crippen LogP contribution >= 0.6 is 0 Å². The van der Waals surface area contributed by atoms with Crippen molar-refractivity contribution in [2.75, 3.05) is 23.4 Å². The van der Waals surface area contributed by atoms with Gasteiger partial charge in [-0.25, -0.2) is 4.98 Å². The largest absolute Gasteiger partial charge is 0.353 e. The summed E-state index contributed by atoms with van der Waals surface area (Å²) in [6.45, 7) is 3.35. The van der Waals surface area contributed by atoms with E-state index in [1.807, 2.05) is 6.20 Å². The van der Waals surface area contributed by atoms with Crippen molar-refractivity contribution in [3.8, 4) is 0 Å². The molecule has 2 atom stereocenters. The van der Waals surface area contributed by atoms with Crippen molar-refractivity contribution in [2.24, 2.45) is 0 Å². The van der Waals surface area contributed by atoms with Gasteiger partial charge in [-0.1, -0.05) is 49.6 Å². The van der Waals surface area contributed by atoms with Crippen molar-refractivity contribution in [1.29, 1.82) is 0 Å². The lowest BCUT2D eigenvalue weighted by atomic mass is 9.95. The summed E-state index contributed by atoms with van der Waals surface area (Å²) in [6, 6.07) is 14.1. The minimum atomic E-state index is 0.503. The van der Waals surface area contributed by atoms with Gasteiger partial charge in [0.25, 0.3) is 0 Å². The van der Waals surface area contributed by atoms with Crippen LogP contribution in [-0.4, -0.2) is 35.6 Å². The molecule has 2 aromatic rings. The van der Waals surface area contributed by atoms with Gasteiger partial charge in [-0.15, -0.1) is 0 Å². The van der Waals surface area contributed by atoms with Crippen LogP contribution in [0.1, 0.15) is 56.9 Å². The lowest BCUT2D eigenvalue weighted by molar-refractivity contribution is 0.424. The maximum atomic E-state index is 4.95. The molecular formula is C22H30N4. The smallest absolute Gasteiger partial charge is 0.227 e. The summed E-state index contributed by atoms with van der Waals surface area (Å²) in [7, 11) is 2.16. The summed E-state index contributed by atoms with van der Waals surface area (Å²) in [5.41, 5.74) is 1.44.